The van der Waals surface area contributed by atoms with Crippen LogP contribution in [-0.4, -0.2) is 12.7 Å². The first-order valence-electron chi connectivity index (χ1n) is 9.23. The van der Waals surface area contributed by atoms with Gasteiger partial charge in [0.15, 0.2) is 0 Å². The summed E-state index contributed by atoms with van der Waals surface area (Å²) < 4.78 is 6.19. The van der Waals surface area contributed by atoms with E-state index in [0.717, 1.165) is 24.4 Å². The molecular formula is C19H36O. The normalized spacial score (nSPS) is 29.6. The summed E-state index contributed by atoms with van der Waals surface area (Å²) in [5, 5.41) is 0. The van der Waals surface area contributed by atoms with Crippen LogP contribution in [-0.2, 0) is 4.74 Å². The van der Waals surface area contributed by atoms with E-state index in [1.54, 1.807) is 0 Å². The smallest absolute Gasteiger partial charge is 0.0638 e. The minimum Gasteiger partial charge on any atom is -0.378 e. The highest BCUT2D eigenvalue weighted by Crippen LogP contribution is 2.51. The molecule has 0 N–H and O–H groups in total. The van der Waals surface area contributed by atoms with Gasteiger partial charge in [0.2, 0.25) is 0 Å². The van der Waals surface area contributed by atoms with Crippen molar-refractivity contribution in [2.45, 2.75) is 91.6 Å². The molecular weight excluding hydrogens is 244 g/mol. The molecule has 0 saturated heterocycles. The molecule has 0 amide bonds. The van der Waals surface area contributed by atoms with Crippen LogP contribution < -0.4 is 0 Å². The molecule has 2 aliphatic rings. The van der Waals surface area contributed by atoms with E-state index in [0.29, 0.717) is 11.5 Å². The quantitative estimate of drug-likeness (QED) is 0.483. The predicted molar refractivity (Wildman–Crippen MR) is 86.9 cm³/mol. The maximum absolute atomic E-state index is 6.19. The molecule has 0 aliphatic heterocycles. The molecule has 2 atom stereocenters. The van der Waals surface area contributed by atoms with Crippen LogP contribution in [0.15, 0.2) is 0 Å². The highest BCUT2D eigenvalue weighted by Gasteiger charge is 2.51. The Hall–Kier alpha value is -0.0400. The maximum atomic E-state index is 6.19. The van der Waals surface area contributed by atoms with Crippen molar-refractivity contribution in [1.82, 2.24) is 0 Å². The zero-order chi connectivity index (χ0) is 14.6. The highest BCUT2D eigenvalue weighted by atomic mass is 16.5. The lowest BCUT2D eigenvalue weighted by atomic mass is 9.72. The summed E-state index contributed by atoms with van der Waals surface area (Å²) in [6.07, 6.45) is 13.1. The molecule has 0 bridgehead atoms. The Kier molecular flexibility index (Phi) is 5.95. The first kappa shape index (κ1) is 16.3. The molecule has 2 rings (SSSR count). The topological polar surface area (TPSA) is 9.23 Å². The third-order valence-electron chi connectivity index (χ3n) is 6.08. The minimum atomic E-state index is 0.577. The number of ether oxygens (including phenoxy) is 1. The van der Waals surface area contributed by atoms with Crippen LogP contribution >= 0.6 is 0 Å². The standard InChI is InChI=1S/C19H36O/c1-5-19(6-2,14-15(3)4)12-9-13-20-18-16-10-7-8-11-17(16)18/h15-18H,5-14H2,1-4H3. The lowest BCUT2D eigenvalue weighted by Gasteiger charge is -2.33. The van der Waals surface area contributed by atoms with Crippen molar-refractivity contribution in [2.24, 2.45) is 23.2 Å². The summed E-state index contributed by atoms with van der Waals surface area (Å²) in [4.78, 5) is 0. The van der Waals surface area contributed by atoms with E-state index in [-0.39, 0.29) is 0 Å². The summed E-state index contributed by atoms with van der Waals surface area (Å²) in [5.74, 6) is 2.71. The third kappa shape index (κ3) is 4.00. The Morgan fingerprint density at radius 2 is 1.65 bits per heavy atom. The first-order chi connectivity index (χ1) is 9.62. The zero-order valence-electron chi connectivity index (χ0n) is 14.3. The summed E-state index contributed by atoms with van der Waals surface area (Å²) in [5.41, 5.74) is 0.577. The Morgan fingerprint density at radius 1 is 1.05 bits per heavy atom. The van der Waals surface area contributed by atoms with Gasteiger partial charge in [-0.1, -0.05) is 53.4 Å². The Labute approximate surface area is 126 Å². The van der Waals surface area contributed by atoms with Gasteiger partial charge in [0.1, 0.15) is 0 Å². The van der Waals surface area contributed by atoms with Gasteiger partial charge in [-0.2, -0.15) is 0 Å². The van der Waals surface area contributed by atoms with Gasteiger partial charge in [0.25, 0.3) is 0 Å². The largest absolute Gasteiger partial charge is 0.378 e. The van der Waals surface area contributed by atoms with E-state index in [2.05, 4.69) is 27.7 Å². The molecule has 1 heteroatoms. The molecule has 2 aliphatic carbocycles. The van der Waals surface area contributed by atoms with Gasteiger partial charge >= 0.3 is 0 Å². The molecule has 0 heterocycles. The summed E-state index contributed by atoms with van der Waals surface area (Å²) in [7, 11) is 0. The number of hydrogen-bond acceptors (Lipinski definition) is 1. The Balaban J connectivity index is 1.66. The van der Waals surface area contributed by atoms with E-state index < -0.39 is 0 Å². The molecule has 1 nitrogen and oxygen atoms in total. The van der Waals surface area contributed by atoms with Gasteiger partial charge in [-0.15, -0.1) is 0 Å². The molecule has 0 aromatic carbocycles. The number of fused-ring (bicyclic) bond motifs is 1. The fraction of sp³-hybridized carbons (Fsp3) is 1.00. The second-order valence-electron chi connectivity index (χ2n) is 7.86. The first-order valence-corrected chi connectivity index (χ1v) is 9.23. The van der Waals surface area contributed by atoms with Crippen molar-refractivity contribution < 1.29 is 4.74 Å². The van der Waals surface area contributed by atoms with Gasteiger partial charge in [-0.05, 0) is 55.3 Å². The fourth-order valence-electron chi connectivity index (χ4n) is 4.70. The van der Waals surface area contributed by atoms with Crippen LogP contribution in [0.4, 0.5) is 0 Å². The van der Waals surface area contributed by atoms with Crippen molar-refractivity contribution in [3.8, 4) is 0 Å². The molecule has 2 fully saturated rings. The van der Waals surface area contributed by atoms with Crippen LogP contribution in [0.3, 0.4) is 0 Å². The molecule has 0 spiro atoms. The fourth-order valence-corrected chi connectivity index (χ4v) is 4.70. The lowest BCUT2D eigenvalue weighted by molar-refractivity contribution is 0.0819. The van der Waals surface area contributed by atoms with Gasteiger partial charge in [-0.3, -0.25) is 0 Å². The average molecular weight is 280 g/mol. The van der Waals surface area contributed by atoms with Gasteiger partial charge < -0.3 is 4.74 Å². The predicted octanol–water partition coefficient (Wildman–Crippen LogP) is 5.82. The summed E-state index contributed by atoms with van der Waals surface area (Å²) in [6.45, 7) is 10.5. The summed E-state index contributed by atoms with van der Waals surface area (Å²) >= 11 is 0. The average Bonchev–Trinajstić information content (AvgIpc) is 3.15. The van der Waals surface area contributed by atoms with E-state index in [4.69, 9.17) is 4.74 Å². The highest BCUT2D eigenvalue weighted by molar-refractivity contribution is 5.00. The molecule has 0 aromatic heterocycles. The van der Waals surface area contributed by atoms with Crippen molar-refractivity contribution >= 4 is 0 Å². The molecule has 0 aromatic rings. The van der Waals surface area contributed by atoms with Crippen LogP contribution in [0.5, 0.6) is 0 Å². The zero-order valence-corrected chi connectivity index (χ0v) is 14.3. The minimum absolute atomic E-state index is 0.577. The van der Waals surface area contributed by atoms with Crippen LogP contribution in [0, 0.1) is 23.2 Å². The molecule has 118 valence electrons. The monoisotopic (exact) mass is 280 g/mol. The second kappa shape index (κ2) is 7.29. The van der Waals surface area contributed by atoms with E-state index in [9.17, 15) is 0 Å². The molecule has 0 radical (unpaired) electrons. The van der Waals surface area contributed by atoms with E-state index >= 15 is 0 Å². The van der Waals surface area contributed by atoms with Crippen LogP contribution in [0.25, 0.3) is 0 Å². The van der Waals surface area contributed by atoms with Crippen LogP contribution in [0.2, 0.25) is 0 Å². The maximum Gasteiger partial charge on any atom is 0.0638 e. The number of hydrogen-bond donors (Lipinski definition) is 0. The Bertz CT molecular complexity index is 267. The van der Waals surface area contributed by atoms with Crippen molar-refractivity contribution in [3.63, 3.8) is 0 Å². The van der Waals surface area contributed by atoms with E-state index in [1.807, 2.05) is 0 Å². The molecule has 2 unspecified atom stereocenters. The van der Waals surface area contributed by atoms with Crippen molar-refractivity contribution in [1.29, 1.82) is 0 Å². The summed E-state index contributed by atoms with van der Waals surface area (Å²) in [6, 6.07) is 0. The SMILES string of the molecule is CCC(CC)(CCCOC1C2CCCCC21)CC(C)C. The second-order valence-corrected chi connectivity index (χ2v) is 7.86. The van der Waals surface area contributed by atoms with Crippen LogP contribution in [0.1, 0.15) is 85.5 Å². The van der Waals surface area contributed by atoms with Crippen molar-refractivity contribution in [3.05, 3.63) is 0 Å². The van der Waals surface area contributed by atoms with Crippen molar-refractivity contribution in [2.75, 3.05) is 6.61 Å². The van der Waals surface area contributed by atoms with E-state index in [1.165, 1.54) is 57.8 Å². The number of rotatable bonds is 9. The Morgan fingerprint density at radius 3 is 2.15 bits per heavy atom. The molecule has 20 heavy (non-hydrogen) atoms. The van der Waals surface area contributed by atoms with Gasteiger partial charge in [-0.25, -0.2) is 0 Å². The van der Waals surface area contributed by atoms with Gasteiger partial charge in [0.05, 0.1) is 6.10 Å². The van der Waals surface area contributed by atoms with Gasteiger partial charge in [0, 0.05) is 6.61 Å². The molecule has 2 saturated carbocycles. The third-order valence-corrected chi connectivity index (χ3v) is 6.08. The lowest BCUT2D eigenvalue weighted by Crippen LogP contribution is -2.22.